The summed E-state index contributed by atoms with van der Waals surface area (Å²) >= 11 is 2.74. The van der Waals surface area contributed by atoms with Crippen LogP contribution in [0.2, 0.25) is 0 Å². The lowest BCUT2D eigenvalue weighted by Gasteiger charge is -2.11. The number of amides is 2. The van der Waals surface area contributed by atoms with E-state index in [4.69, 9.17) is 0 Å². The maximum Gasteiger partial charge on any atom is 0.265 e. The molecule has 0 spiro atoms. The van der Waals surface area contributed by atoms with Gasteiger partial charge in [-0.1, -0.05) is 24.3 Å². The molecule has 0 aliphatic carbocycles. The maximum absolute atomic E-state index is 12.1. The molecule has 2 N–H and O–H groups in total. The molecule has 2 heterocycles. The monoisotopic (exact) mass is 328 g/mol. The number of carbonyl (C=O) groups is 2. The molecule has 0 atom stereocenters. The van der Waals surface area contributed by atoms with Gasteiger partial charge in [-0.2, -0.15) is 0 Å². The van der Waals surface area contributed by atoms with Gasteiger partial charge in [-0.05, 0) is 35.0 Å². The summed E-state index contributed by atoms with van der Waals surface area (Å²) in [5.74, 6) is -0.374. The number of anilines is 2. The van der Waals surface area contributed by atoms with E-state index in [2.05, 4.69) is 10.6 Å². The molecule has 0 fully saturated rings. The van der Waals surface area contributed by atoms with Gasteiger partial charge in [0.05, 0.1) is 21.1 Å². The zero-order valence-electron chi connectivity index (χ0n) is 11.4. The topological polar surface area (TPSA) is 58.2 Å². The molecule has 4 nitrogen and oxygen atoms in total. The highest BCUT2D eigenvalue weighted by Gasteiger charge is 2.12. The van der Waals surface area contributed by atoms with E-state index in [1.807, 2.05) is 35.0 Å². The molecule has 1 aromatic carbocycles. The van der Waals surface area contributed by atoms with Crippen LogP contribution >= 0.6 is 22.7 Å². The van der Waals surface area contributed by atoms with Crippen molar-refractivity contribution in [1.82, 2.24) is 0 Å². The highest BCUT2D eigenvalue weighted by Crippen LogP contribution is 2.23. The number of nitrogens with one attached hydrogen (secondary N) is 2. The first kappa shape index (κ1) is 14.5. The molecule has 6 heteroatoms. The largest absolute Gasteiger partial charge is 0.319 e. The first-order valence-electron chi connectivity index (χ1n) is 6.53. The molecule has 2 aromatic heterocycles. The van der Waals surface area contributed by atoms with Crippen molar-refractivity contribution in [3.8, 4) is 0 Å². The van der Waals surface area contributed by atoms with Crippen molar-refractivity contribution in [3.63, 3.8) is 0 Å². The van der Waals surface area contributed by atoms with Crippen molar-refractivity contribution in [2.45, 2.75) is 0 Å². The van der Waals surface area contributed by atoms with Crippen LogP contribution in [0.3, 0.4) is 0 Å². The van der Waals surface area contributed by atoms with Gasteiger partial charge in [-0.15, -0.1) is 22.7 Å². The Bertz CT molecular complexity index is 713. The van der Waals surface area contributed by atoms with Crippen molar-refractivity contribution in [2.24, 2.45) is 0 Å². The normalized spacial score (nSPS) is 10.2. The van der Waals surface area contributed by atoms with Crippen molar-refractivity contribution < 1.29 is 9.59 Å². The molecule has 0 radical (unpaired) electrons. The van der Waals surface area contributed by atoms with Crippen LogP contribution in [0.1, 0.15) is 19.3 Å². The summed E-state index contributed by atoms with van der Waals surface area (Å²) in [5, 5.41) is 9.34. The summed E-state index contributed by atoms with van der Waals surface area (Å²) in [6, 6.07) is 14.3. The van der Waals surface area contributed by atoms with Gasteiger partial charge in [-0.25, -0.2) is 0 Å². The van der Waals surface area contributed by atoms with E-state index in [-0.39, 0.29) is 11.8 Å². The maximum atomic E-state index is 12.1. The van der Waals surface area contributed by atoms with Gasteiger partial charge in [0.1, 0.15) is 0 Å². The summed E-state index contributed by atoms with van der Waals surface area (Å²) in [6.45, 7) is 0. The number of hydrogen-bond donors (Lipinski definition) is 2. The fourth-order valence-electron chi connectivity index (χ4n) is 1.88. The summed E-state index contributed by atoms with van der Waals surface area (Å²) < 4.78 is 0. The molecule has 2 amide bonds. The highest BCUT2D eigenvalue weighted by molar-refractivity contribution is 7.12. The summed E-state index contributed by atoms with van der Waals surface area (Å²) in [7, 11) is 0. The summed E-state index contributed by atoms with van der Waals surface area (Å²) in [6.07, 6.45) is 0. The molecule has 0 aliphatic rings. The van der Waals surface area contributed by atoms with E-state index >= 15 is 0 Å². The molecular weight excluding hydrogens is 316 g/mol. The Kier molecular flexibility index (Phi) is 4.32. The molecule has 0 bridgehead atoms. The average Bonchev–Trinajstić information content (AvgIpc) is 3.23. The Hall–Kier alpha value is -2.44. The molecular formula is C16H12N2O2S2. The van der Waals surface area contributed by atoms with E-state index in [0.29, 0.717) is 21.1 Å². The molecule has 3 rings (SSSR count). The molecule has 0 unspecified atom stereocenters. The SMILES string of the molecule is O=C(Nc1ccccc1NC(=O)c1cccs1)c1cccs1. The number of carbonyl (C=O) groups excluding carboxylic acids is 2. The molecule has 0 saturated heterocycles. The fourth-order valence-corrected chi connectivity index (χ4v) is 3.12. The third kappa shape index (κ3) is 3.24. The summed E-state index contributed by atoms with van der Waals surface area (Å²) in [4.78, 5) is 25.5. The van der Waals surface area contributed by atoms with Crippen molar-refractivity contribution in [1.29, 1.82) is 0 Å². The fraction of sp³-hybridized carbons (Fsp3) is 0. The van der Waals surface area contributed by atoms with Gasteiger partial charge in [0, 0.05) is 0 Å². The van der Waals surface area contributed by atoms with Crippen LogP contribution in [0.4, 0.5) is 11.4 Å². The third-order valence-electron chi connectivity index (χ3n) is 2.91. The van der Waals surface area contributed by atoms with E-state index in [0.717, 1.165) is 0 Å². The van der Waals surface area contributed by atoms with E-state index < -0.39 is 0 Å². The second-order valence-electron chi connectivity index (χ2n) is 4.41. The molecule has 0 saturated carbocycles. The molecule has 110 valence electrons. The quantitative estimate of drug-likeness (QED) is 0.749. The Morgan fingerprint density at radius 1 is 0.682 bits per heavy atom. The number of hydrogen-bond acceptors (Lipinski definition) is 4. The lowest BCUT2D eigenvalue weighted by Crippen LogP contribution is -2.15. The number of benzene rings is 1. The summed E-state index contributed by atoms with van der Waals surface area (Å²) in [5.41, 5.74) is 1.15. The smallest absolute Gasteiger partial charge is 0.265 e. The molecule has 3 aromatic rings. The third-order valence-corrected chi connectivity index (χ3v) is 4.65. The first-order chi connectivity index (χ1) is 10.7. The zero-order chi connectivity index (χ0) is 15.4. The number of para-hydroxylation sites is 2. The zero-order valence-corrected chi connectivity index (χ0v) is 13.0. The standard InChI is InChI=1S/C16H12N2O2S2/c19-15(13-7-3-9-21-13)17-11-5-1-2-6-12(11)18-16(20)14-8-4-10-22-14/h1-10H,(H,17,19)(H,18,20). The van der Waals surface area contributed by atoms with E-state index in [1.54, 1.807) is 24.3 Å². The van der Waals surface area contributed by atoms with Crippen molar-refractivity contribution >= 4 is 45.9 Å². The molecule has 22 heavy (non-hydrogen) atoms. The predicted octanol–water partition coefficient (Wildman–Crippen LogP) is 4.31. The van der Waals surface area contributed by atoms with Crippen molar-refractivity contribution in [2.75, 3.05) is 10.6 Å². The first-order valence-corrected chi connectivity index (χ1v) is 8.29. The lowest BCUT2D eigenvalue weighted by atomic mass is 10.2. The van der Waals surface area contributed by atoms with Crippen LogP contribution in [0.25, 0.3) is 0 Å². The van der Waals surface area contributed by atoms with Crippen LogP contribution in [0.15, 0.2) is 59.3 Å². The minimum absolute atomic E-state index is 0.187. The minimum Gasteiger partial charge on any atom is -0.319 e. The van der Waals surface area contributed by atoms with Crippen LogP contribution in [0.5, 0.6) is 0 Å². The Morgan fingerprint density at radius 2 is 1.14 bits per heavy atom. The second-order valence-corrected chi connectivity index (χ2v) is 6.30. The number of rotatable bonds is 4. The van der Waals surface area contributed by atoms with Crippen LogP contribution in [-0.2, 0) is 0 Å². The van der Waals surface area contributed by atoms with Gasteiger partial charge >= 0.3 is 0 Å². The van der Waals surface area contributed by atoms with Gasteiger partial charge in [0.25, 0.3) is 11.8 Å². The Labute approximate surface area is 135 Å². The highest BCUT2D eigenvalue weighted by atomic mass is 32.1. The Morgan fingerprint density at radius 3 is 1.50 bits per heavy atom. The average molecular weight is 328 g/mol. The molecule has 0 aliphatic heterocycles. The number of thiophene rings is 2. The minimum atomic E-state index is -0.187. The lowest BCUT2D eigenvalue weighted by molar-refractivity contribution is 0.102. The van der Waals surface area contributed by atoms with Crippen LogP contribution in [-0.4, -0.2) is 11.8 Å². The van der Waals surface area contributed by atoms with E-state index in [1.165, 1.54) is 22.7 Å². The Balaban J connectivity index is 1.78. The van der Waals surface area contributed by atoms with Gasteiger partial charge in [0.15, 0.2) is 0 Å². The predicted molar refractivity (Wildman–Crippen MR) is 91.0 cm³/mol. The van der Waals surface area contributed by atoms with Gasteiger partial charge in [-0.3, -0.25) is 9.59 Å². The van der Waals surface area contributed by atoms with Gasteiger partial charge in [0.2, 0.25) is 0 Å². The van der Waals surface area contributed by atoms with E-state index in [9.17, 15) is 9.59 Å². The second kappa shape index (κ2) is 6.55. The van der Waals surface area contributed by atoms with Gasteiger partial charge < -0.3 is 10.6 Å². The van der Waals surface area contributed by atoms with Crippen LogP contribution < -0.4 is 10.6 Å². The van der Waals surface area contributed by atoms with Crippen molar-refractivity contribution in [3.05, 3.63) is 69.0 Å². The van der Waals surface area contributed by atoms with Crippen LogP contribution in [0, 0.1) is 0 Å².